The van der Waals surface area contributed by atoms with Crippen molar-refractivity contribution in [3.63, 3.8) is 0 Å². The van der Waals surface area contributed by atoms with E-state index in [1.54, 1.807) is 18.2 Å². The van der Waals surface area contributed by atoms with Gasteiger partial charge < -0.3 is 10.4 Å². The molecule has 102 valence electrons. The predicted octanol–water partition coefficient (Wildman–Crippen LogP) is 2.86. The van der Waals surface area contributed by atoms with E-state index >= 15 is 0 Å². The van der Waals surface area contributed by atoms with Gasteiger partial charge in [-0.05, 0) is 30.5 Å². The first-order valence-electron chi connectivity index (χ1n) is 5.87. The lowest BCUT2D eigenvalue weighted by molar-refractivity contribution is -0.145. The van der Waals surface area contributed by atoms with Crippen molar-refractivity contribution in [2.24, 2.45) is 5.41 Å². The minimum Gasteiger partial charge on any atom is -0.481 e. The highest BCUT2D eigenvalue weighted by Crippen LogP contribution is 2.48. The van der Waals surface area contributed by atoms with Crippen LogP contribution in [0.15, 0.2) is 18.2 Å². The van der Waals surface area contributed by atoms with E-state index in [0.29, 0.717) is 22.9 Å². The largest absolute Gasteiger partial charge is 0.481 e. The Labute approximate surface area is 120 Å². The van der Waals surface area contributed by atoms with Crippen molar-refractivity contribution in [2.75, 3.05) is 0 Å². The lowest BCUT2D eigenvalue weighted by Crippen LogP contribution is -2.28. The summed E-state index contributed by atoms with van der Waals surface area (Å²) in [5.41, 5.74) is -0.0898. The van der Waals surface area contributed by atoms with Gasteiger partial charge in [0.25, 0.3) is 0 Å². The lowest BCUT2D eigenvalue weighted by Gasteiger charge is -2.11. The smallest absolute Gasteiger partial charge is 0.310 e. The van der Waals surface area contributed by atoms with E-state index in [1.807, 2.05) is 0 Å². The number of carboxylic acids is 1. The SMILES string of the molecule is O=C(CC1(C(=O)O)CC1)NCc1ccc(Cl)cc1Cl. The van der Waals surface area contributed by atoms with Crippen molar-refractivity contribution in [1.82, 2.24) is 5.32 Å². The summed E-state index contributed by atoms with van der Waals surface area (Å²) >= 11 is 11.8. The van der Waals surface area contributed by atoms with Gasteiger partial charge in [0, 0.05) is 23.0 Å². The molecular weight excluding hydrogens is 289 g/mol. The molecule has 0 atom stereocenters. The van der Waals surface area contributed by atoms with Crippen molar-refractivity contribution in [3.05, 3.63) is 33.8 Å². The minimum atomic E-state index is -0.896. The van der Waals surface area contributed by atoms with Gasteiger partial charge in [-0.3, -0.25) is 9.59 Å². The number of carbonyl (C=O) groups is 2. The fraction of sp³-hybridized carbons (Fsp3) is 0.385. The number of rotatable bonds is 5. The van der Waals surface area contributed by atoms with Crippen LogP contribution in [0.3, 0.4) is 0 Å². The van der Waals surface area contributed by atoms with E-state index in [-0.39, 0.29) is 18.9 Å². The van der Waals surface area contributed by atoms with Crippen LogP contribution in [0.1, 0.15) is 24.8 Å². The number of hydrogen-bond acceptors (Lipinski definition) is 2. The first-order valence-corrected chi connectivity index (χ1v) is 6.63. The molecule has 2 rings (SSSR count). The van der Waals surface area contributed by atoms with Crippen molar-refractivity contribution in [2.45, 2.75) is 25.8 Å². The Bertz CT molecular complexity index is 527. The summed E-state index contributed by atoms with van der Waals surface area (Å²) in [6.07, 6.45) is 1.16. The third-order valence-corrected chi connectivity index (χ3v) is 3.88. The van der Waals surface area contributed by atoms with Crippen LogP contribution >= 0.6 is 23.2 Å². The number of halogens is 2. The van der Waals surface area contributed by atoms with Crippen molar-refractivity contribution >= 4 is 35.1 Å². The Morgan fingerprint density at radius 2 is 2.00 bits per heavy atom. The van der Waals surface area contributed by atoms with Crippen LogP contribution in [0.5, 0.6) is 0 Å². The number of aliphatic carboxylic acids is 1. The Morgan fingerprint density at radius 1 is 1.32 bits per heavy atom. The Morgan fingerprint density at radius 3 is 2.53 bits per heavy atom. The van der Waals surface area contributed by atoms with E-state index in [4.69, 9.17) is 28.3 Å². The van der Waals surface area contributed by atoms with Gasteiger partial charge in [0.1, 0.15) is 0 Å². The van der Waals surface area contributed by atoms with Crippen LogP contribution in [0.2, 0.25) is 10.0 Å². The molecule has 4 nitrogen and oxygen atoms in total. The van der Waals surface area contributed by atoms with Gasteiger partial charge in [-0.1, -0.05) is 29.3 Å². The van der Waals surface area contributed by atoms with E-state index in [9.17, 15) is 9.59 Å². The van der Waals surface area contributed by atoms with Crippen LogP contribution in [0, 0.1) is 5.41 Å². The number of benzene rings is 1. The molecule has 1 aliphatic carbocycles. The number of hydrogen-bond donors (Lipinski definition) is 2. The van der Waals surface area contributed by atoms with Gasteiger partial charge in [-0.15, -0.1) is 0 Å². The fourth-order valence-corrected chi connectivity index (χ4v) is 2.32. The number of carboxylic acid groups (broad SMARTS) is 1. The minimum absolute atomic E-state index is 0.0214. The maximum Gasteiger partial charge on any atom is 0.310 e. The van der Waals surface area contributed by atoms with Gasteiger partial charge in [0.05, 0.1) is 5.41 Å². The standard InChI is InChI=1S/C13H13Cl2NO3/c14-9-2-1-8(10(15)5-9)7-16-11(17)6-13(3-4-13)12(18)19/h1-2,5H,3-4,6-7H2,(H,16,17)(H,18,19). The summed E-state index contributed by atoms with van der Waals surface area (Å²) in [6.45, 7) is 0.268. The maximum atomic E-state index is 11.7. The Balaban J connectivity index is 1.89. The summed E-state index contributed by atoms with van der Waals surface area (Å²) in [4.78, 5) is 22.7. The Hall–Kier alpha value is -1.26. The van der Waals surface area contributed by atoms with Crippen LogP contribution < -0.4 is 5.32 Å². The average Bonchev–Trinajstić information content (AvgIpc) is 3.09. The molecule has 0 unspecified atom stereocenters. The number of nitrogens with one attached hydrogen (secondary N) is 1. The van der Waals surface area contributed by atoms with Crippen LogP contribution in [-0.2, 0) is 16.1 Å². The molecule has 6 heteroatoms. The quantitative estimate of drug-likeness (QED) is 0.879. The molecule has 1 aromatic carbocycles. The summed E-state index contributed by atoms with van der Waals surface area (Å²) in [5, 5.41) is 12.7. The zero-order valence-electron chi connectivity index (χ0n) is 10.1. The third-order valence-electron chi connectivity index (χ3n) is 3.30. The third kappa shape index (κ3) is 3.39. The highest BCUT2D eigenvalue weighted by atomic mass is 35.5. The first-order chi connectivity index (χ1) is 8.93. The molecule has 2 N–H and O–H groups in total. The van der Waals surface area contributed by atoms with E-state index in [2.05, 4.69) is 5.32 Å². The maximum absolute atomic E-state index is 11.7. The normalized spacial score (nSPS) is 15.9. The molecule has 1 fully saturated rings. The van der Waals surface area contributed by atoms with Gasteiger partial charge in [0.15, 0.2) is 0 Å². The Kier molecular flexibility index (Phi) is 4.02. The molecule has 0 spiro atoms. The summed E-state index contributed by atoms with van der Waals surface area (Å²) in [6, 6.07) is 5.02. The zero-order chi connectivity index (χ0) is 14.0. The van der Waals surface area contributed by atoms with Crippen molar-refractivity contribution in [1.29, 1.82) is 0 Å². The molecule has 0 bridgehead atoms. The number of carbonyl (C=O) groups excluding carboxylic acids is 1. The molecule has 1 aliphatic rings. The topological polar surface area (TPSA) is 66.4 Å². The molecule has 0 heterocycles. The fourth-order valence-electron chi connectivity index (χ4n) is 1.85. The van der Waals surface area contributed by atoms with Gasteiger partial charge >= 0.3 is 5.97 Å². The van der Waals surface area contributed by atoms with E-state index < -0.39 is 11.4 Å². The highest BCUT2D eigenvalue weighted by molar-refractivity contribution is 6.35. The summed E-state index contributed by atoms with van der Waals surface area (Å²) < 4.78 is 0. The van der Waals surface area contributed by atoms with Gasteiger partial charge in [0.2, 0.25) is 5.91 Å². The first kappa shape index (κ1) is 14.2. The zero-order valence-corrected chi connectivity index (χ0v) is 11.6. The molecule has 0 aliphatic heterocycles. The second-order valence-corrected chi connectivity index (χ2v) is 5.62. The second-order valence-electron chi connectivity index (χ2n) is 4.77. The molecule has 1 saturated carbocycles. The molecule has 0 saturated heterocycles. The van der Waals surface area contributed by atoms with E-state index in [1.165, 1.54) is 0 Å². The van der Waals surface area contributed by atoms with E-state index in [0.717, 1.165) is 5.56 Å². The van der Waals surface area contributed by atoms with Gasteiger partial charge in [-0.25, -0.2) is 0 Å². The molecule has 1 aromatic rings. The molecule has 19 heavy (non-hydrogen) atoms. The predicted molar refractivity (Wildman–Crippen MR) is 72.2 cm³/mol. The molecule has 1 amide bonds. The summed E-state index contributed by atoms with van der Waals surface area (Å²) in [7, 11) is 0. The van der Waals surface area contributed by atoms with Crippen LogP contribution in [0.25, 0.3) is 0 Å². The lowest BCUT2D eigenvalue weighted by atomic mass is 10.0. The second kappa shape index (κ2) is 5.39. The average molecular weight is 302 g/mol. The highest BCUT2D eigenvalue weighted by Gasteiger charge is 2.51. The van der Waals surface area contributed by atoms with Gasteiger partial charge in [-0.2, -0.15) is 0 Å². The van der Waals surface area contributed by atoms with Crippen molar-refractivity contribution < 1.29 is 14.7 Å². The van der Waals surface area contributed by atoms with Crippen molar-refractivity contribution in [3.8, 4) is 0 Å². The van der Waals surface area contributed by atoms with Crippen LogP contribution in [-0.4, -0.2) is 17.0 Å². The molecule has 0 aromatic heterocycles. The molecule has 0 radical (unpaired) electrons. The number of amides is 1. The molecular formula is C13H13Cl2NO3. The summed E-state index contributed by atoms with van der Waals surface area (Å²) in [5.74, 6) is -1.17. The van der Waals surface area contributed by atoms with Crippen LogP contribution in [0.4, 0.5) is 0 Å². The monoisotopic (exact) mass is 301 g/mol.